The Hall–Kier alpha value is -3.94. The summed E-state index contributed by atoms with van der Waals surface area (Å²) in [4.78, 5) is 16.8. The molecule has 5 rings (SSSR count). The van der Waals surface area contributed by atoms with E-state index in [0.29, 0.717) is 35.7 Å². The summed E-state index contributed by atoms with van der Waals surface area (Å²) in [5.41, 5.74) is 2.71. The molecule has 0 amide bonds. The van der Waals surface area contributed by atoms with Crippen LogP contribution in [0.4, 0.5) is 30.2 Å². The van der Waals surface area contributed by atoms with Gasteiger partial charge in [0.2, 0.25) is 0 Å². The molecule has 32 heavy (non-hydrogen) atoms. The summed E-state index contributed by atoms with van der Waals surface area (Å²) in [6.07, 6.45) is -4.77. The summed E-state index contributed by atoms with van der Waals surface area (Å²) < 4.78 is 47.2. The first-order valence-corrected chi connectivity index (χ1v) is 9.87. The molecule has 1 aliphatic rings. The fraction of sp³-hybridized carbons (Fsp3) is 0.125. The van der Waals surface area contributed by atoms with Gasteiger partial charge < -0.3 is 19.0 Å². The molecule has 8 heteroatoms. The number of halogens is 3. The van der Waals surface area contributed by atoms with E-state index >= 15 is 0 Å². The van der Waals surface area contributed by atoms with E-state index in [4.69, 9.17) is 4.42 Å². The third-order valence-corrected chi connectivity index (χ3v) is 5.31. The minimum Gasteiger partial charge on any atom is -0.422 e. The van der Waals surface area contributed by atoms with Gasteiger partial charge in [-0.25, -0.2) is 4.79 Å². The van der Waals surface area contributed by atoms with E-state index in [2.05, 4.69) is 4.74 Å². The molecule has 2 heterocycles. The molecule has 0 unspecified atom stereocenters. The quantitative estimate of drug-likeness (QED) is 0.378. The zero-order valence-corrected chi connectivity index (χ0v) is 16.7. The Morgan fingerprint density at radius 1 is 0.844 bits per heavy atom. The van der Waals surface area contributed by atoms with Crippen LogP contribution in [0.1, 0.15) is 5.56 Å². The van der Waals surface area contributed by atoms with Crippen molar-refractivity contribution in [1.29, 1.82) is 0 Å². The molecular weight excluding hydrogens is 421 g/mol. The maximum absolute atomic E-state index is 12.9. The maximum atomic E-state index is 12.9. The highest BCUT2D eigenvalue weighted by atomic mass is 19.4. The van der Waals surface area contributed by atoms with Gasteiger partial charge in [-0.2, -0.15) is 0 Å². The number of rotatable bonds is 3. The van der Waals surface area contributed by atoms with Crippen molar-refractivity contribution in [2.24, 2.45) is 0 Å². The first-order chi connectivity index (χ1) is 15.4. The number of para-hydroxylation sites is 2. The number of hydrogen-bond donors (Lipinski definition) is 0. The van der Waals surface area contributed by atoms with Crippen molar-refractivity contribution in [2.45, 2.75) is 12.9 Å². The fourth-order valence-electron chi connectivity index (χ4n) is 3.95. The summed E-state index contributed by atoms with van der Waals surface area (Å²) >= 11 is 0. The zero-order chi connectivity index (χ0) is 22.3. The molecule has 1 aliphatic heterocycles. The number of nitrogens with zero attached hydrogens (tertiary/aromatic N) is 2. The van der Waals surface area contributed by atoms with Gasteiger partial charge in [-0.3, -0.25) is 0 Å². The van der Waals surface area contributed by atoms with Gasteiger partial charge in [-0.15, -0.1) is 13.2 Å². The Morgan fingerprint density at radius 3 is 2.25 bits per heavy atom. The fourth-order valence-corrected chi connectivity index (χ4v) is 3.95. The first-order valence-electron chi connectivity index (χ1n) is 9.87. The lowest BCUT2D eigenvalue weighted by Crippen LogP contribution is -2.42. The van der Waals surface area contributed by atoms with Crippen molar-refractivity contribution < 1.29 is 22.3 Å². The summed E-state index contributed by atoms with van der Waals surface area (Å²) in [6.45, 7) is 0.738. The van der Waals surface area contributed by atoms with Gasteiger partial charge in [0, 0.05) is 16.8 Å². The molecule has 0 saturated carbocycles. The van der Waals surface area contributed by atoms with Crippen LogP contribution in [-0.2, 0) is 6.54 Å². The monoisotopic (exact) mass is 438 g/mol. The van der Waals surface area contributed by atoms with Gasteiger partial charge in [0.05, 0.1) is 24.5 Å². The number of ether oxygens (including phenoxy) is 1. The lowest BCUT2D eigenvalue weighted by Gasteiger charge is -2.39. The maximum Gasteiger partial charge on any atom is 0.573 e. The van der Waals surface area contributed by atoms with Crippen LogP contribution in [-0.4, -0.2) is 13.0 Å². The Bertz CT molecular complexity index is 1320. The Morgan fingerprint density at radius 2 is 1.53 bits per heavy atom. The second-order valence-electron chi connectivity index (χ2n) is 7.36. The van der Waals surface area contributed by atoms with Crippen molar-refractivity contribution >= 4 is 28.0 Å². The predicted octanol–water partition coefficient (Wildman–Crippen LogP) is 5.81. The second kappa shape index (κ2) is 7.64. The van der Waals surface area contributed by atoms with Crippen LogP contribution in [0.2, 0.25) is 0 Å². The Labute approximate surface area is 180 Å². The van der Waals surface area contributed by atoms with Crippen LogP contribution in [0.25, 0.3) is 11.0 Å². The Kier molecular flexibility index (Phi) is 4.77. The molecular formula is C24H17F3N2O3. The van der Waals surface area contributed by atoms with E-state index in [9.17, 15) is 18.0 Å². The normalized spacial score (nSPS) is 13.8. The average molecular weight is 438 g/mol. The van der Waals surface area contributed by atoms with Crippen LogP contribution >= 0.6 is 0 Å². The molecule has 0 saturated heterocycles. The van der Waals surface area contributed by atoms with E-state index in [1.165, 1.54) is 12.1 Å². The van der Waals surface area contributed by atoms with Crippen LogP contribution in [0.3, 0.4) is 0 Å². The van der Waals surface area contributed by atoms with E-state index in [1.807, 2.05) is 52.3 Å². The number of benzene rings is 3. The molecule has 0 atom stereocenters. The molecule has 0 spiro atoms. The summed E-state index contributed by atoms with van der Waals surface area (Å²) in [6, 6.07) is 22.4. The molecule has 0 aliphatic carbocycles. The van der Waals surface area contributed by atoms with Gasteiger partial charge in [0.25, 0.3) is 0 Å². The number of anilines is 3. The van der Waals surface area contributed by atoms with Gasteiger partial charge in [0.15, 0.2) is 0 Å². The standard InChI is InChI=1S/C24H17F3N2O3/c25-24(26,27)32-18-12-10-17(11-13-18)29-15-28(16-6-2-1-3-7-16)14-20-22(29)19-8-4-5-9-21(19)31-23(20)30/h1-13H,14-15H2. The van der Waals surface area contributed by atoms with Gasteiger partial charge in [0.1, 0.15) is 11.3 Å². The lowest BCUT2D eigenvalue weighted by molar-refractivity contribution is -0.274. The molecule has 162 valence electrons. The zero-order valence-electron chi connectivity index (χ0n) is 16.7. The number of fused-ring (bicyclic) bond motifs is 3. The SMILES string of the molecule is O=c1oc2ccccc2c2c1CN(c1ccccc1)CN2c1ccc(OC(F)(F)F)cc1. The number of hydrogen-bond acceptors (Lipinski definition) is 5. The third kappa shape index (κ3) is 3.75. The van der Waals surface area contributed by atoms with Crippen molar-refractivity contribution in [3.8, 4) is 5.75 Å². The van der Waals surface area contributed by atoms with Crippen LogP contribution in [0.5, 0.6) is 5.75 Å². The molecule has 0 bridgehead atoms. The van der Waals surface area contributed by atoms with Crippen molar-refractivity contribution in [3.05, 3.63) is 94.8 Å². The van der Waals surface area contributed by atoms with Gasteiger partial charge in [-0.1, -0.05) is 30.3 Å². The van der Waals surface area contributed by atoms with Crippen LogP contribution in [0.15, 0.2) is 88.1 Å². The Balaban J connectivity index is 1.64. The van der Waals surface area contributed by atoms with E-state index in [0.717, 1.165) is 11.1 Å². The van der Waals surface area contributed by atoms with E-state index in [-0.39, 0.29) is 5.75 Å². The lowest BCUT2D eigenvalue weighted by atomic mass is 10.1. The average Bonchev–Trinajstić information content (AvgIpc) is 2.79. The molecule has 1 aromatic heterocycles. The minimum atomic E-state index is -4.77. The highest BCUT2D eigenvalue weighted by Crippen LogP contribution is 2.39. The van der Waals surface area contributed by atoms with Crippen molar-refractivity contribution in [1.82, 2.24) is 0 Å². The molecule has 0 N–H and O–H groups in total. The molecule has 0 radical (unpaired) electrons. The van der Waals surface area contributed by atoms with Crippen LogP contribution in [0, 0.1) is 0 Å². The molecule has 3 aromatic carbocycles. The van der Waals surface area contributed by atoms with Crippen molar-refractivity contribution in [3.63, 3.8) is 0 Å². The highest BCUT2D eigenvalue weighted by molar-refractivity contribution is 5.95. The summed E-state index contributed by atoms with van der Waals surface area (Å²) in [5.74, 6) is -0.309. The molecule has 0 fully saturated rings. The van der Waals surface area contributed by atoms with E-state index < -0.39 is 12.0 Å². The van der Waals surface area contributed by atoms with E-state index in [1.54, 1.807) is 24.3 Å². The first kappa shape index (κ1) is 20.0. The van der Waals surface area contributed by atoms with Gasteiger partial charge in [-0.05, 0) is 48.5 Å². The molecule has 5 nitrogen and oxygen atoms in total. The summed E-state index contributed by atoms with van der Waals surface area (Å²) in [7, 11) is 0. The third-order valence-electron chi connectivity index (χ3n) is 5.31. The van der Waals surface area contributed by atoms with Crippen molar-refractivity contribution in [2.75, 3.05) is 16.5 Å². The van der Waals surface area contributed by atoms with Gasteiger partial charge >= 0.3 is 12.0 Å². The topological polar surface area (TPSA) is 45.9 Å². The number of alkyl halides is 3. The summed E-state index contributed by atoms with van der Waals surface area (Å²) in [5, 5.41) is 0.755. The van der Waals surface area contributed by atoms with Crippen LogP contribution < -0.4 is 20.2 Å². The largest absolute Gasteiger partial charge is 0.573 e. The smallest absolute Gasteiger partial charge is 0.422 e. The predicted molar refractivity (Wildman–Crippen MR) is 115 cm³/mol. The minimum absolute atomic E-state index is 0.309. The second-order valence-corrected chi connectivity index (χ2v) is 7.36. The highest BCUT2D eigenvalue weighted by Gasteiger charge is 2.32. The molecule has 4 aromatic rings.